The smallest absolute Gasteiger partial charge is 0.0528 e. The Morgan fingerprint density at radius 1 is 1.29 bits per heavy atom. The topological polar surface area (TPSA) is 15.7 Å². The number of nitrogens with zero attached hydrogens (tertiary/aromatic N) is 2. The fourth-order valence-electron chi connectivity index (χ4n) is 1.92. The van der Waals surface area contributed by atoms with Gasteiger partial charge in [-0.2, -0.15) is 0 Å². The molecular formula is C9H18N2OS2. The lowest BCUT2D eigenvalue weighted by Gasteiger charge is -2.38. The molecule has 0 aliphatic carbocycles. The fraction of sp³-hybridized carbons (Fsp3) is 1.00. The SMILES string of the molecule is CS(=S)N1CCN(CC2COC2)CC1. The molecule has 0 aromatic rings. The van der Waals surface area contributed by atoms with Gasteiger partial charge in [0.1, 0.15) is 0 Å². The molecule has 2 fully saturated rings. The van der Waals surface area contributed by atoms with Crippen molar-refractivity contribution in [3.63, 3.8) is 0 Å². The molecule has 0 radical (unpaired) electrons. The van der Waals surface area contributed by atoms with E-state index in [2.05, 4.69) is 15.5 Å². The van der Waals surface area contributed by atoms with Crippen LogP contribution in [0.5, 0.6) is 0 Å². The summed E-state index contributed by atoms with van der Waals surface area (Å²) in [5.74, 6) is 0.796. The molecule has 2 saturated heterocycles. The van der Waals surface area contributed by atoms with Gasteiger partial charge in [0.25, 0.3) is 0 Å². The molecule has 0 bridgehead atoms. The standard InChI is InChI=1S/C9H18N2OS2/c1-14(13)11-4-2-10(3-5-11)6-9-7-12-8-9/h9H,2-8H2,1H3. The van der Waals surface area contributed by atoms with Crippen LogP contribution in [0.25, 0.3) is 0 Å². The second-order valence-electron chi connectivity index (χ2n) is 4.06. The van der Waals surface area contributed by atoms with Crippen LogP contribution in [0.2, 0.25) is 0 Å². The van der Waals surface area contributed by atoms with Gasteiger partial charge in [0.15, 0.2) is 0 Å². The second kappa shape index (κ2) is 4.99. The molecule has 0 aromatic heterocycles. The molecule has 1 unspecified atom stereocenters. The van der Waals surface area contributed by atoms with Gasteiger partial charge in [0.05, 0.1) is 13.2 Å². The molecule has 0 aromatic carbocycles. The normalized spacial score (nSPS) is 28.6. The van der Waals surface area contributed by atoms with Crippen molar-refractivity contribution in [1.29, 1.82) is 0 Å². The highest BCUT2D eigenvalue weighted by molar-refractivity contribution is 8.27. The fourth-order valence-corrected chi connectivity index (χ4v) is 3.05. The van der Waals surface area contributed by atoms with E-state index in [-0.39, 0.29) is 9.64 Å². The van der Waals surface area contributed by atoms with Crippen molar-refractivity contribution in [2.24, 2.45) is 5.92 Å². The first-order chi connectivity index (χ1) is 6.75. The van der Waals surface area contributed by atoms with Crippen LogP contribution in [0.15, 0.2) is 0 Å². The molecule has 0 amide bonds. The molecule has 0 spiro atoms. The Morgan fingerprint density at radius 2 is 1.93 bits per heavy atom. The lowest BCUT2D eigenvalue weighted by Crippen LogP contribution is -2.50. The zero-order chi connectivity index (χ0) is 9.97. The minimum atomic E-state index is 0.0479. The average Bonchev–Trinajstić information content (AvgIpc) is 2.12. The summed E-state index contributed by atoms with van der Waals surface area (Å²) in [6.07, 6.45) is 2.13. The Morgan fingerprint density at radius 3 is 2.36 bits per heavy atom. The summed E-state index contributed by atoms with van der Waals surface area (Å²) >= 11 is 5.27. The van der Waals surface area contributed by atoms with Crippen molar-refractivity contribution in [2.75, 3.05) is 52.2 Å². The van der Waals surface area contributed by atoms with E-state index < -0.39 is 0 Å². The summed E-state index contributed by atoms with van der Waals surface area (Å²) in [5, 5.41) is 0. The number of piperazine rings is 1. The first-order valence-electron chi connectivity index (χ1n) is 5.14. The van der Waals surface area contributed by atoms with E-state index in [4.69, 9.17) is 15.9 Å². The first kappa shape index (κ1) is 11.0. The summed E-state index contributed by atoms with van der Waals surface area (Å²) in [5.41, 5.74) is 0. The summed E-state index contributed by atoms with van der Waals surface area (Å²) < 4.78 is 7.59. The first-order valence-corrected chi connectivity index (χ1v) is 7.66. The van der Waals surface area contributed by atoms with Gasteiger partial charge in [-0.1, -0.05) is 9.64 Å². The van der Waals surface area contributed by atoms with Crippen LogP contribution in [-0.4, -0.2) is 61.4 Å². The number of rotatable bonds is 3. The highest BCUT2D eigenvalue weighted by Gasteiger charge is 2.24. The quantitative estimate of drug-likeness (QED) is 0.676. The Hall–Kier alpha value is 0.450. The van der Waals surface area contributed by atoms with Crippen molar-refractivity contribution in [1.82, 2.24) is 9.21 Å². The molecule has 2 heterocycles. The molecule has 14 heavy (non-hydrogen) atoms. The molecule has 0 saturated carbocycles. The molecule has 2 aliphatic heterocycles. The van der Waals surface area contributed by atoms with Gasteiger partial charge in [-0.25, -0.2) is 4.31 Å². The van der Waals surface area contributed by atoms with Crippen molar-refractivity contribution in [2.45, 2.75) is 0 Å². The third-order valence-corrected chi connectivity index (χ3v) is 4.64. The lowest BCUT2D eigenvalue weighted by molar-refractivity contribution is -0.0489. The van der Waals surface area contributed by atoms with Gasteiger partial charge in [0, 0.05) is 44.9 Å². The number of hydrogen-bond acceptors (Lipinski definition) is 3. The average molecular weight is 234 g/mol. The molecular weight excluding hydrogens is 216 g/mol. The highest BCUT2D eigenvalue weighted by atomic mass is 32.8. The minimum Gasteiger partial charge on any atom is -0.381 e. The minimum absolute atomic E-state index is 0.0479. The molecule has 1 atom stereocenters. The van der Waals surface area contributed by atoms with Gasteiger partial charge in [0.2, 0.25) is 0 Å². The van der Waals surface area contributed by atoms with Crippen LogP contribution < -0.4 is 0 Å². The van der Waals surface area contributed by atoms with Gasteiger partial charge in [-0.05, 0) is 11.2 Å². The van der Waals surface area contributed by atoms with Crippen LogP contribution >= 0.6 is 0 Å². The van der Waals surface area contributed by atoms with Crippen molar-refractivity contribution in [3.8, 4) is 0 Å². The number of hydrogen-bond donors (Lipinski definition) is 0. The van der Waals surface area contributed by atoms with Crippen LogP contribution in [0.4, 0.5) is 0 Å². The van der Waals surface area contributed by atoms with Gasteiger partial charge >= 0.3 is 0 Å². The predicted octanol–water partition coefficient (Wildman–Crippen LogP) is -0.125. The summed E-state index contributed by atoms with van der Waals surface area (Å²) in [4.78, 5) is 2.55. The van der Waals surface area contributed by atoms with E-state index >= 15 is 0 Å². The molecule has 3 nitrogen and oxygen atoms in total. The highest BCUT2D eigenvalue weighted by Crippen LogP contribution is 2.13. The van der Waals surface area contributed by atoms with Crippen LogP contribution in [0.3, 0.4) is 0 Å². The lowest BCUT2D eigenvalue weighted by atomic mass is 10.1. The molecule has 2 aliphatic rings. The zero-order valence-corrected chi connectivity index (χ0v) is 10.3. The summed E-state index contributed by atoms with van der Waals surface area (Å²) in [7, 11) is 0.0479. The zero-order valence-electron chi connectivity index (χ0n) is 8.65. The predicted molar refractivity (Wildman–Crippen MR) is 63.0 cm³/mol. The van der Waals surface area contributed by atoms with Crippen molar-refractivity contribution >= 4 is 20.8 Å². The second-order valence-corrected chi connectivity index (χ2v) is 6.87. The van der Waals surface area contributed by atoms with Crippen LogP contribution in [-0.2, 0) is 25.6 Å². The van der Waals surface area contributed by atoms with E-state index in [9.17, 15) is 0 Å². The van der Waals surface area contributed by atoms with Gasteiger partial charge < -0.3 is 9.64 Å². The summed E-state index contributed by atoms with van der Waals surface area (Å²) in [6, 6.07) is 0. The van der Waals surface area contributed by atoms with E-state index in [0.717, 1.165) is 32.2 Å². The maximum absolute atomic E-state index is 5.27. The van der Waals surface area contributed by atoms with Gasteiger partial charge in [-0.15, -0.1) is 0 Å². The van der Waals surface area contributed by atoms with E-state index in [0.29, 0.717) is 0 Å². The van der Waals surface area contributed by atoms with Crippen molar-refractivity contribution < 1.29 is 4.74 Å². The summed E-state index contributed by atoms with van der Waals surface area (Å²) in [6.45, 7) is 7.84. The maximum Gasteiger partial charge on any atom is 0.0528 e. The molecule has 2 rings (SSSR count). The largest absolute Gasteiger partial charge is 0.381 e. The third-order valence-electron chi connectivity index (χ3n) is 2.92. The maximum atomic E-state index is 5.27. The molecule has 82 valence electrons. The Balaban J connectivity index is 1.69. The Labute approximate surface area is 93.1 Å². The van der Waals surface area contributed by atoms with E-state index in [1.165, 1.54) is 19.6 Å². The Kier molecular flexibility index (Phi) is 3.90. The monoisotopic (exact) mass is 234 g/mol. The van der Waals surface area contributed by atoms with Crippen LogP contribution in [0, 0.1) is 5.92 Å². The van der Waals surface area contributed by atoms with Crippen LogP contribution in [0.1, 0.15) is 0 Å². The van der Waals surface area contributed by atoms with Crippen molar-refractivity contribution in [3.05, 3.63) is 0 Å². The third kappa shape index (κ3) is 2.73. The van der Waals surface area contributed by atoms with Gasteiger partial charge in [-0.3, -0.25) is 0 Å². The van der Waals surface area contributed by atoms with E-state index in [1.54, 1.807) is 0 Å². The van der Waals surface area contributed by atoms with E-state index in [1.807, 2.05) is 0 Å². The Bertz CT molecular complexity index is 213. The number of ether oxygens (including phenoxy) is 1. The molecule has 0 N–H and O–H groups in total. The molecule has 5 heteroatoms.